The zero-order valence-corrected chi connectivity index (χ0v) is 8.07. The van der Waals surface area contributed by atoms with Crippen molar-refractivity contribution in [2.24, 2.45) is 0 Å². The maximum absolute atomic E-state index is 11.1. The lowest BCUT2D eigenvalue weighted by Gasteiger charge is -1.93. The molecule has 0 amide bonds. The minimum absolute atomic E-state index is 0.0801. The second kappa shape index (κ2) is 2.84. The fraction of sp³-hybridized carbons (Fsp3) is 0.182. The SMILES string of the molecule is CC(=O)c1cc2cc3c(cc2o1)COO3. The van der Waals surface area contributed by atoms with Gasteiger partial charge in [-0.1, -0.05) is 0 Å². The van der Waals surface area contributed by atoms with Gasteiger partial charge in [0, 0.05) is 17.9 Å². The van der Waals surface area contributed by atoms with E-state index in [2.05, 4.69) is 0 Å². The zero-order chi connectivity index (χ0) is 10.4. The van der Waals surface area contributed by atoms with E-state index in [0.29, 0.717) is 23.7 Å². The summed E-state index contributed by atoms with van der Waals surface area (Å²) in [5.74, 6) is 0.983. The third-order valence-electron chi connectivity index (χ3n) is 2.41. The highest BCUT2D eigenvalue weighted by atomic mass is 17.2. The van der Waals surface area contributed by atoms with Gasteiger partial charge in [-0.2, -0.15) is 4.89 Å². The Morgan fingerprint density at radius 3 is 3.00 bits per heavy atom. The third-order valence-corrected chi connectivity index (χ3v) is 2.41. The molecule has 2 aromatic rings. The first-order valence-corrected chi connectivity index (χ1v) is 4.61. The molecule has 76 valence electrons. The number of fused-ring (bicyclic) bond motifs is 2. The maximum Gasteiger partial charge on any atom is 0.194 e. The van der Waals surface area contributed by atoms with Crippen LogP contribution in [0.2, 0.25) is 0 Å². The van der Waals surface area contributed by atoms with E-state index in [1.807, 2.05) is 12.1 Å². The number of rotatable bonds is 1. The van der Waals surface area contributed by atoms with Crippen molar-refractivity contribution in [1.82, 2.24) is 0 Å². The molecule has 0 saturated carbocycles. The molecule has 3 rings (SSSR count). The van der Waals surface area contributed by atoms with Crippen LogP contribution < -0.4 is 4.89 Å². The number of ketones is 1. The maximum atomic E-state index is 11.1. The molecule has 1 aliphatic rings. The molecule has 0 spiro atoms. The van der Waals surface area contributed by atoms with Crippen molar-refractivity contribution < 1.29 is 19.0 Å². The molecule has 2 heterocycles. The number of hydrogen-bond donors (Lipinski definition) is 0. The summed E-state index contributed by atoms with van der Waals surface area (Å²) in [6.45, 7) is 1.90. The summed E-state index contributed by atoms with van der Waals surface area (Å²) in [6, 6.07) is 5.36. The van der Waals surface area contributed by atoms with Gasteiger partial charge in [0.2, 0.25) is 0 Å². The first-order chi connectivity index (χ1) is 7.24. The lowest BCUT2D eigenvalue weighted by atomic mass is 10.1. The van der Waals surface area contributed by atoms with Crippen LogP contribution in [-0.4, -0.2) is 5.78 Å². The summed E-state index contributed by atoms with van der Waals surface area (Å²) in [5, 5.41) is 0.851. The first-order valence-electron chi connectivity index (χ1n) is 4.61. The second-order valence-electron chi connectivity index (χ2n) is 3.51. The normalized spacial score (nSPS) is 13.9. The van der Waals surface area contributed by atoms with E-state index in [0.717, 1.165) is 10.9 Å². The van der Waals surface area contributed by atoms with Crippen molar-refractivity contribution in [3.63, 3.8) is 0 Å². The highest BCUT2D eigenvalue weighted by Gasteiger charge is 2.17. The average molecular weight is 204 g/mol. The van der Waals surface area contributed by atoms with E-state index in [4.69, 9.17) is 14.2 Å². The first kappa shape index (κ1) is 8.49. The van der Waals surface area contributed by atoms with E-state index in [-0.39, 0.29) is 5.78 Å². The third kappa shape index (κ3) is 1.22. The lowest BCUT2D eigenvalue weighted by Crippen LogP contribution is -1.85. The van der Waals surface area contributed by atoms with Crippen LogP contribution >= 0.6 is 0 Å². The van der Waals surface area contributed by atoms with Crippen molar-refractivity contribution in [3.05, 3.63) is 29.5 Å². The van der Waals surface area contributed by atoms with Crippen molar-refractivity contribution in [2.75, 3.05) is 0 Å². The Morgan fingerprint density at radius 2 is 2.20 bits per heavy atom. The Bertz CT molecular complexity index is 512. The van der Waals surface area contributed by atoms with Gasteiger partial charge in [-0.05, 0) is 18.2 Å². The van der Waals surface area contributed by atoms with Gasteiger partial charge in [0.1, 0.15) is 12.2 Å². The predicted molar refractivity (Wildman–Crippen MR) is 51.6 cm³/mol. The number of Topliss-reactive ketones (excluding diaryl/α,β-unsaturated/α-hetero) is 1. The molecule has 0 bridgehead atoms. The molecule has 0 saturated heterocycles. The van der Waals surface area contributed by atoms with Gasteiger partial charge in [-0.3, -0.25) is 4.79 Å². The van der Waals surface area contributed by atoms with Crippen LogP contribution in [0.1, 0.15) is 23.0 Å². The van der Waals surface area contributed by atoms with E-state index >= 15 is 0 Å². The summed E-state index contributed by atoms with van der Waals surface area (Å²) < 4.78 is 5.39. The van der Waals surface area contributed by atoms with E-state index in [1.54, 1.807) is 6.07 Å². The largest absolute Gasteiger partial charge is 0.453 e. The fourth-order valence-electron chi connectivity index (χ4n) is 1.63. The van der Waals surface area contributed by atoms with Crippen LogP contribution in [-0.2, 0) is 11.5 Å². The Hall–Kier alpha value is -1.81. The minimum atomic E-state index is -0.0801. The molecule has 15 heavy (non-hydrogen) atoms. The summed E-state index contributed by atoms with van der Waals surface area (Å²) in [4.78, 5) is 20.9. The average Bonchev–Trinajstić information content (AvgIpc) is 2.77. The smallest absolute Gasteiger partial charge is 0.194 e. The van der Waals surface area contributed by atoms with Crippen LogP contribution in [0, 0.1) is 0 Å². The summed E-state index contributed by atoms with van der Waals surface area (Å²) in [5.41, 5.74) is 1.63. The Labute approximate surface area is 85.3 Å². The van der Waals surface area contributed by atoms with Gasteiger partial charge in [-0.15, -0.1) is 0 Å². The van der Waals surface area contributed by atoms with E-state index < -0.39 is 0 Å². The number of carbonyl (C=O) groups is 1. The molecule has 0 N–H and O–H groups in total. The van der Waals surface area contributed by atoms with Gasteiger partial charge in [0.15, 0.2) is 17.3 Å². The Morgan fingerprint density at radius 1 is 1.33 bits per heavy atom. The van der Waals surface area contributed by atoms with Gasteiger partial charge in [0.05, 0.1) is 0 Å². The molecule has 4 heteroatoms. The Balaban J connectivity index is 2.24. The minimum Gasteiger partial charge on any atom is -0.453 e. The molecule has 0 radical (unpaired) electrons. The quantitative estimate of drug-likeness (QED) is 0.528. The van der Waals surface area contributed by atoms with Crippen LogP contribution in [0.25, 0.3) is 11.0 Å². The predicted octanol–water partition coefficient (Wildman–Crippen LogP) is 2.46. The summed E-state index contributed by atoms with van der Waals surface area (Å²) >= 11 is 0. The standard InChI is InChI=1S/C11H8O4/c1-6(12)9-2-7-3-11-8(5-13-15-11)4-10(7)14-9/h2-4H,5H2,1H3. The summed E-state index contributed by atoms with van der Waals surface area (Å²) in [6.07, 6.45) is 0. The van der Waals surface area contributed by atoms with Crippen molar-refractivity contribution in [2.45, 2.75) is 13.5 Å². The van der Waals surface area contributed by atoms with Crippen LogP contribution in [0.3, 0.4) is 0 Å². The van der Waals surface area contributed by atoms with Crippen LogP contribution in [0.15, 0.2) is 22.6 Å². The summed E-state index contributed by atoms with van der Waals surface area (Å²) in [7, 11) is 0. The molecule has 0 atom stereocenters. The lowest BCUT2D eigenvalue weighted by molar-refractivity contribution is -0.194. The van der Waals surface area contributed by atoms with Crippen molar-refractivity contribution >= 4 is 16.8 Å². The molecule has 0 aliphatic carbocycles. The van der Waals surface area contributed by atoms with E-state index in [1.165, 1.54) is 6.92 Å². The van der Waals surface area contributed by atoms with E-state index in [9.17, 15) is 4.79 Å². The number of furan rings is 1. The molecule has 0 fully saturated rings. The topological polar surface area (TPSA) is 48.7 Å². The highest BCUT2D eigenvalue weighted by Crippen LogP contribution is 2.32. The molecule has 1 aromatic heterocycles. The number of carbonyl (C=O) groups excluding carboxylic acids is 1. The molecule has 1 aliphatic heterocycles. The van der Waals surface area contributed by atoms with Crippen molar-refractivity contribution in [1.29, 1.82) is 0 Å². The van der Waals surface area contributed by atoms with Gasteiger partial charge < -0.3 is 9.30 Å². The molecular weight excluding hydrogens is 196 g/mol. The van der Waals surface area contributed by atoms with Gasteiger partial charge in [-0.25, -0.2) is 0 Å². The second-order valence-corrected chi connectivity index (χ2v) is 3.51. The fourth-order valence-corrected chi connectivity index (χ4v) is 1.63. The van der Waals surface area contributed by atoms with Crippen molar-refractivity contribution in [3.8, 4) is 5.75 Å². The zero-order valence-electron chi connectivity index (χ0n) is 8.07. The van der Waals surface area contributed by atoms with Gasteiger partial charge >= 0.3 is 0 Å². The molecule has 4 nitrogen and oxygen atoms in total. The number of hydrogen-bond acceptors (Lipinski definition) is 4. The number of benzene rings is 1. The Kier molecular flexibility index (Phi) is 1.61. The molecule has 0 unspecified atom stereocenters. The van der Waals surface area contributed by atoms with Crippen LogP contribution in [0.5, 0.6) is 5.75 Å². The highest BCUT2D eigenvalue weighted by molar-refractivity contribution is 5.96. The van der Waals surface area contributed by atoms with Crippen LogP contribution in [0.4, 0.5) is 0 Å². The van der Waals surface area contributed by atoms with Gasteiger partial charge in [0.25, 0.3) is 0 Å². The monoisotopic (exact) mass is 204 g/mol. The molecule has 1 aromatic carbocycles. The molecular formula is C11H8O4.